The molecule has 0 aliphatic carbocycles. The Morgan fingerprint density at radius 1 is 1.25 bits per heavy atom. The van der Waals surface area contributed by atoms with Crippen LogP contribution in [0.2, 0.25) is 0 Å². The predicted molar refractivity (Wildman–Crippen MR) is 61.2 cm³/mol. The minimum Gasteiger partial charge on any atom is -0.412 e. The number of hydrogen-bond acceptors (Lipinski definition) is 4. The van der Waals surface area contributed by atoms with Crippen LogP contribution in [0.5, 0.6) is 0 Å². The van der Waals surface area contributed by atoms with Gasteiger partial charge in [-0.25, -0.2) is 13.1 Å². The van der Waals surface area contributed by atoms with Crippen molar-refractivity contribution in [1.29, 1.82) is 0 Å². The van der Waals surface area contributed by atoms with Crippen molar-refractivity contribution in [2.45, 2.75) is 11.8 Å². The van der Waals surface area contributed by atoms with E-state index in [0.29, 0.717) is 5.69 Å². The molecule has 0 spiro atoms. The van der Waals surface area contributed by atoms with Crippen LogP contribution in [0, 0.1) is 0 Å². The number of nitrogens with two attached hydrogens (primary N) is 1. The number of carbonyl (C=O) groups excluding carboxylic acids is 1. The summed E-state index contributed by atoms with van der Waals surface area (Å²) in [6.45, 7) is 1.13. The Kier molecular flexibility index (Phi) is 7.64. The number of anilines is 1. The molecule has 0 unspecified atom stereocenters. The van der Waals surface area contributed by atoms with Gasteiger partial charge in [0.2, 0.25) is 5.91 Å². The van der Waals surface area contributed by atoms with Crippen LogP contribution < -0.4 is 10.5 Å². The minimum absolute atomic E-state index is 0. The number of nitrogen functional groups attached to an aromatic ring is 1. The molecule has 1 rings (SSSR count). The first kappa shape index (κ1) is 17.8. The molecule has 1 amide bonds. The van der Waals surface area contributed by atoms with E-state index in [1.54, 1.807) is 0 Å². The van der Waals surface area contributed by atoms with Gasteiger partial charge in [-0.2, -0.15) is 0 Å². The molecule has 16 heavy (non-hydrogen) atoms. The second-order valence-electron chi connectivity index (χ2n) is 2.73. The fraction of sp³-hybridized carbons (Fsp3) is 0.125. The summed E-state index contributed by atoms with van der Waals surface area (Å²) in [5.41, 5.74) is 5.85. The molecule has 6 nitrogen and oxygen atoms in total. The van der Waals surface area contributed by atoms with Gasteiger partial charge < -0.3 is 11.2 Å². The number of amides is 1. The molecule has 0 aliphatic rings. The molecule has 0 aliphatic heterocycles. The summed E-state index contributed by atoms with van der Waals surface area (Å²) in [6, 6.07) is 5.57. The van der Waals surface area contributed by atoms with E-state index in [2.05, 4.69) is 0 Å². The van der Waals surface area contributed by atoms with Crippen LogP contribution in [0.25, 0.3) is 0 Å². The quantitative estimate of drug-likeness (QED) is 0.514. The maximum Gasteiger partial charge on any atom is 0.264 e. The topological polar surface area (TPSA) is 121 Å². The fourth-order valence-electron chi connectivity index (χ4n) is 0.895. The van der Waals surface area contributed by atoms with E-state index in [4.69, 9.17) is 5.73 Å². The van der Waals surface area contributed by atoms with Gasteiger partial charge in [0.05, 0.1) is 4.90 Å². The van der Waals surface area contributed by atoms with Crippen molar-refractivity contribution in [3.05, 3.63) is 24.3 Å². The van der Waals surface area contributed by atoms with Crippen LogP contribution in [-0.2, 0) is 14.8 Å². The van der Waals surface area contributed by atoms with E-state index in [-0.39, 0.29) is 39.9 Å². The van der Waals surface area contributed by atoms with Crippen molar-refractivity contribution in [3.63, 3.8) is 0 Å². The van der Waals surface area contributed by atoms with Crippen LogP contribution in [0.1, 0.15) is 6.92 Å². The second-order valence-corrected chi connectivity index (χ2v) is 4.41. The Morgan fingerprint density at radius 2 is 1.69 bits per heavy atom. The maximum atomic E-state index is 11.4. The van der Waals surface area contributed by atoms with E-state index in [9.17, 15) is 13.2 Å². The molecule has 0 atom stereocenters. The monoisotopic (exact) mass is 255 g/mol. The number of benzene rings is 1. The first-order chi connectivity index (χ1) is 6.42. The Labute approximate surface area is 116 Å². The number of rotatable bonds is 2. The second kappa shape index (κ2) is 6.87. The van der Waals surface area contributed by atoms with Gasteiger partial charge in [0.15, 0.2) is 0 Å². The molecule has 0 heterocycles. The van der Waals surface area contributed by atoms with Crippen molar-refractivity contribution in [2.75, 3.05) is 5.73 Å². The van der Waals surface area contributed by atoms with Crippen LogP contribution in [0.15, 0.2) is 29.2 Å². The number of nitrogens with one attached hydrogen (secondary N) is 1. The van der Waals surface area contributed by atoms with E-state index < -0.39 is 15.9 Å². The molecule has 0 bridgehead atoms. The zero-order chi connectivity index (χ0) is 10.8. The zero-order valence-corrected chi connectivity index (χ0v) is 11.8. The molecule has 85 valence electrons. The summed E-state index contributed by atoms with van der Waals surface area (Å²) < 4.78 is 24.6. The normalized spacial score (nSPS) is 9.56. The first-order valence-electron chi connectivity index (χ1n) is 3.81. The molecule has 0 saturated heterocycles. The van der Waals surface area contributed by atoms with Gasteiger partial charge in [-0.15, -0.1) is 0 Å². The van der Waals surface area contributed by atoms with Gasteiger partial charge in [-0.1, -0.05) is 0 Å². The van der Waals surface area contributed by atoms with Crippen molar-refractivity contribution >= 4 is 51.2 Å². The fourth-order valence-corrected chi connectivity index (χ4v) is 1.89. The number of sulfonamides is 1. The Morgan fingerprint density at radius 3 is 2.06 bits per heavy atom. The van der Waals surface area contributed by atoms with Gasteiger partial charge in [-0.05, 0) is 24.3 Å². The summed E-state index contributed by atoms with van der Waals surface area (Å²) in [7, 11) is -3.73. The summed E-state index contributed by atoms with van der Waals surface area (Å²) in [6.07, 6.45) is 0. The zero-order valence-electron chi connectivity index (χ0n) is 9.02. The van der Waals surface area contributed by atoms with Crippen molar-refractivity contribution in [3.8, 4) is 0 Å². The van der Waals surface area contributed by atoms with Gasteiger partial charge in [-0.3, -0.25) is 4.79 Å². The maximum absolute atomic E-state index is 11.4. The Bertz CT molecular complexity index is 444. The van der Waals surface area contributed by atoms with Crippen molar-refractivity contribution < 1.29 is 18.7 Å². The predicted octanol–water partition coefficient (Wildman–Crippen LogP) is -1.11. The smallest absolute Gasteiger partial charge is 0.264 e. The average Bonchev–Trinajstić information content (AvgIpc) is 2.02. The molecule has 0 saturated carbocycles. The summed E-state index contributed by atoms with van der Waals surface area (Å²) in [5.74, 6) is -0.623. The molecule has 8 heteroatoms. The van der Waals surface area contributed by atoms with Gasteiger partial charge in [0.25, 0.3) is 10.0 Å². The molecular formula is C8H12N2NaO4S. The molecule has 5 N–H and O–H groups in total. The minimum atomic E-state index is -3.73. The third-order valence-electron chi connectivity index (χ3n) is 1.47. The summed E-state index contributed by atoms with van der Waals surface area (Å²) in [5, 5.41) is 0. The van der Waals surface area contributed by atoms with Gasteiger partial charge >= 0.3 is 0 Å². The number of carbonyl (C=O) groups is 1. The molecular weight excluding hydrogens is 243 g/mol. The SMILES string of the molecule is CC(=O)NS(=O)(=O)c1ccc(N)cc1.O.[Na]. The molecule has 1 aromatic rings. The largest absolute Gasteiger partial charge is 0.412 e. The third-order valence-corrected chi connectivity index (χ3v) is 2.92. The Hall–Kier alpha value is -0.600. The standard InChI is InChI=1S/C8H10N2O3S.Na.H2O/c1-6(11)10-14(12,13)8-4-2-7(9)3-5-8;;/h2-5H,9H2,1H3,(H,10,11);;1H2. The van der Waals surface area contributed by atoms with E-state index in [1.165, 1.54) is 24.3 Å². The van der Waals surface area contributed by atoms with E-state index in [0.717, 1.165) is 6.92 Å². The van der Waals surface area contributed by atoms with Crippen LogP contribution in [0.3, 0.4) is 0 Å². The van der Waals surface area contributed by atoms with Crippen molar-refractivity contribution in [2.24, 2.45) is 0 Å². The Balaban J connectivity index is 0. The first-order valence-corrected chi connectivity index (χ1v) is 5.29. The van der Waals surface area contributed by atoms with E-state index in [1.807, 2.05) is 4.72 Å². The van der Waals surface area contributed by atoms with Crippen LogP contribution in [0.4, 0.5) is 5.69 Å². The van der Waals surface area contributed by atoms with Gasteiger partial charge in [0.1, 0.15) is 0 Å². The summed E-state index contributed by atoms with van der Waals surface area (Å²) >= 11 is 0. The molecule has 0 fully saturated rings. The number of hydrogen-bond donors (Lipinski definition) is 2. The van der Waals surface area contributed by atoms with Crippen LogP contribution >= 0.6 is 0 Å². The molecule has 1 aromatic carbocycles. The van der Waals surface area contributed by atoms with Crippen molar-refractivity contribution in [1.82, 2.24) is 4.72 Å². The molecule has 0 aromatic heterocycles. The average molecular weight is 255 g/mol. The van der Waals surface area contributed by atoms with E-state index >= 15 is 0 Å². The van der Waals surface area contributed by atoms with Gasteiger partial charge in [0, 0.05) is 42.2 Å². The van der Waals surface area contributed by atoms with Crippen LogP contribution in [-0.4, -0.2) is 49.4 Å². The molecule has 1 radical (unpaired) electrons. The third kappa shape index (κ3) is 4.95. The summed E-state index contributed by atoms with van der Waals surface area (Å²) in [4.78, 5) is 10.6.